The summed E-state index contributed by atoms with van der Waals surface area (Å²) in [4.78, 5) is 32.1. The monoisotopic (exact) mass is 407 g/mol. The van der Waals surface area contributed by atoms with Gasteiger partial charge in [0.25, 0.3) is 5.56 Å². The van der Waals surface area contributed by atoms with Crippen LogP contribution in [0.4, 0.5) is 0 Å². The van der Waals surface area contributed by atoms with Crippen molar-refractivity contribution in [2.75, 3.05) is 19.4 Å². The zero-order valence-electron chi connectivity index (χ0n) is 15.7. The van der Waals surface area contributed by atoms with E-state index in [2.05, 4.69) is 12.2 Å². The van der Waals surface area contributed by atoms with Crippen LogP contribution in [0.2, 0.25) is 0 Å². The van der Waals surface area contributed by atoms with Gasteiger partial charge in [-0.2, -0.15) is 0 Å². The molecule has 146 valence electrons. The highest BCUT2D eigenvalue weighted by Crippen LogP contribution is 2.36. The lowest BCUT2D eigenvalue weighted by Gasteiger charge is -2.18. The Hall–Kier alpha value is -1.38. The Labute approximate surface area is 166 Å². The predicted molar refractivity (Wildman–Crippen MR) is 109 cm³/mol. The number of nitrogens with zero attached hydrogens (tertiary/aromatic N) is 2. The molecule has 1 fully saturated rings. The quantitative estimate of drug-likeness (QED) is 0.609. The lowest BCUT2D eigenvalue weighted by molar-refractivity contribution is -0.118. The SMILES string of the molecule is CNC(=O)CSc1nc2sc3c(c2c(=O)n1CC1CCCO1)CCC(C)C3. The zero-order chi connectivity index (χ0) is 19.0. The summed E-state index contributed by atoms with van der Waals surface area (Å²) in [5.74, 6) is 0.835. The van der Waals surface area contributed by atoms with E-state index in [-0.39, 0.29) is 23.3 Å². The second-order valence-corrected chi connectivity index (χ2v) is 9.47. The highest BCUT2D eigenvalue weighted by molar-refractivity contribution is 7.99. The molecular formula is C19H25N3O3S2. The van der Waals surface area contributed by atoms with Gasteiger partial charge < -0.3 is 10.1 Å². The molecule has 6 nitrogen and oxygen atoms in total. The van der Waals surface area contributed by atoms with Gasteiger partial charge in [0.15, 0.2) is 5.16 Å². The molecule has 2 aromatic rings. The molecule has 1 amide bonds. The Bertz CT molecular complexity index is 915. The molecule has 1 saturated heterocycles. The number of carbonyl (C=O) groups excluding carboxylic acids is 1. The minimum atomic E-state index is -0.0719. The van der Waals surface area contributed by atoms with Gasteiger partial charge in [-0.25, -0.2) is 4.98 Å². The van der Waals surface area contributed by atoms with Gasteiger partial charge in [-0.05, 0) is 43.6 Å². The highest BCUT2D eigenvalue weighted by atomic mass is 32.2. The number of carbonyl (C=O) groups is 1. The van der Waals surface area contributed by atoms with Gasteiger partial charge in [0.1, 0.15) is 4.83 Å². The number of aromatic nitrogens is 2. The first-order valence-corrected chi connectivity index (χ1v) is 11.4. The Morgan fingerprint density at radius 1 is 1.44 bits per heavy atom. The van der Waals surface area contributed by atoms with Crippen molar-refractivity contribution in [1.82, 2.24) is 14.9 Å². The van der Waals surface area contributed by atoms with Crippen LogP contribution in [0.5, 0.6) is 0 Å². The Balaban J connectivity index is 1.78. The molecule has 0 aromatic carbocycles. The van der Waals surface area contributed by atoms with Crippen molar-refractivity contribution in [3.63, 3.8) is 0 Å². The van der Waals surface area contributed by atoms with E-state index >= 15 is 0 Å². The van der Waals surface area contributed by atoms with E-state index in [4.69, 9.17) is 9.72 Å². The van der Waals surface area contributed by atoms with E-state index in [0.29, 0.717) is 17.6 Å². The lowest BCUT2D eigenvalue weighted by atomic mass is 9.89. The van der Waals surface area contributed by atoms with E-state index in [0.717, 1.165) is 48.9 Å². The number of hydrogen-bond acceptors (Lipinski definition) is 6. The number of thioether (sulfide) groups is 1. The number of fused-ring (bicyclic) bond motifs is 3. The Morgan fingerprint density at radius 3 is 3.04 bits per heavy atom. The summed E-state index contributed by atoms with van der Waals surface area (Å²) in [5, 5.41) is 4.05. The van der Waals surface area contributed by atoms with Gasteiger partial charge in [0.2, 0.25) is 5.91 Å². The van der Waals surface area contributed by atoms with Crippen LogP contribution in [-0.2, 0) is 28.9 Å². The van der Waals surface area contributed by atoms with Crippen molar-refractivity contribution < 1.29 is 9.53 Å². The molecule has 2 unspecified atom stereocenters. The fourth-order valence-electron chi connectivity index (χ4n) is 3.87. The second-order valence-electron chi connectivity index (χ2n) is 7.44. The van der Waals surface area contributed by atoms with Crippen LogP contribution in [0, 0.1) is 5.92 Å². The van der Waals surface area contributed by atoms with E-state index in [1.54, 1.807) is 23.0 Å². The molecule has 27 heavy (non-hydrogen) atoms. The minimum Gasteiger partial charge on any atom is -0.376 e. The summed E-state index contributed by atoms with van der Waals surface area (Å²) < 4.78 is 7.51. The molecule has 0 radical (unpaired) electrons. The largest absolute Gasteiger partial charge is 0.376 e. The highest BCUT2D eigenvalue weighted by Gasteiger charge is 2.26. The molecule has 1 aliphatic carbocycles. The molecular weight excluding hydrogens is 382 g/mol. The maximum Gasteiger partial charge on any atom is 0.263 e. The minimum absolute atomic E-state index is 0.0296. The van der Waals surface area contributed by atoms with Crippen LogP contribution in [0.15, 0.2) is 9.95 Å². The fraction of sp³-hybridized carbons (Fsp3) is 0.632. The van der Waals surface area contributed by atoms with Gasteiger partial charge in [-0.1, -0.05) is 18.7 Å². The van der Waals surface area contributed by atoms with Crippen molar-refractivity contribution in [3.8, 4) is 0 Å². The predicted octanol–water partition coefficient (Wildman–Crippen LogP) is 2.60. The number of aryl methyl sites for hydroxylation is 1. The Morgan fingerprint density at radius 2 is 2.30 bits per heavy atom. The molecule has 1 aliphatic heterocycles. The van der Waals surface area contributed by atoms with Gasteiger partial charge in [0, 0.05) is 18.5 Å². The number of amides is 1. The third-order valence-electron chi connectivity index (χ3n) is 5.40. The normalized spacial score (nSPS) is 22.1. The van der Waals surface area contributed by atoms with Crippen LogP contribution in [0.1, 0.15) is 36.6 Å². The summed E-state index contributed by atoms with van der Waals surface area (Å²) in [6.07, 6.45) is 5.15. The summed E-state index contributed by atoms with van der Waals surface area (Å²) in [7, 11) is 1.62. The molecule has 8 heteroatoms. The molecule has 2 aliphatic rings. The van der Waals surface area contributed by atoms with Gasteiger partial charge >= 0.3 is 0 Å². The number of thiophene rings is 1. The average molecular weight is 408 g/mol. The summed E-state index contributed by atoms with van der Waals surface area (Å²) >= 11 is 2.98. The topological polar surface area (TPSA) is 73.2 Å². The molecule has 1 N–H and O–H groups in total. The third kappa shape index (κ3) is 3.79. The molecule has 0 saturated carbocycles. The molecule has 2 aromatic heterocycles. The van der Waals surface area contributed by atoms with Crippen molar-refractivity contribution in [2.24, 2.45) is 5.92 Å². The zero-order valence-corrected chi connectivity index (χ0v) is 17.4. The number of ether oxygens (including phenoxy) is 1. The lowest BCUT2D eigenvalue weighted by Crippen LogP contribution is -2.29. The molecule has 0 spiro atoms. The van der Waals surface area contributed by atoms with Gasteiger partial charge in [0.05, 0.1) is 23.8 Å². The third-order valence-corrected chi connectivity index (χ3v) is 7.53. The molecule has 2 atom stereocenters. The van der Waals surface area contributed by atoms with Crippen LogP contribution in [0.25, 0.3) is 10.2 Å². The van der Waals surface area contributed by atoms with Crippen LogP contribution >= 0.6 is 23.1 Å². The molecule has 0 bridgehead atoms. The number of nitrogens with one attached hydrogen (secondary N) is 1. The van der Waals surface area contributed by atoms with E-state index in [9.17, 15) is 9.59 Å². The standard InChI is InChI=1S/C19H25N3O3S2/c1-11-5-6-13-14(8-11)27-17-16(13)18(24)22(9-12-4-3-7-25-12)19(21-17)26-10-15(23)20-2/h11-12H,3-10H2,1-2H3,(H,20,23). The Kier molecular flexibility index (Phi) is 5.57. The maximum atomic E-state index is 13.4. The molecule has 4 rings (SSSR count). The second kappa shape index (κ2) is 7.93. The van der Waals surface area contributed by atoms with E-state index in [1.165, 1.54) is 22.2 Å². The first-order chi connectivity index (χ1) is 13.1. The van der Waals surface area contributed by atoms with E-state index < -0.39 is 0 Å². The summed E-state index contributed by atoms with van der Waals surface area (Å²) in [6.45, 7) is 3.53. The number of rotatable bonds is 5. The maximum absolute atomic E-state index is 13.4. The van der Waals surface area contributed by atoms with Crippen LogP contribution in [-0.4, -0.2) is 41.0 Å². The summed E-state index contributed by atoms with van der Waals surface area (Å²) in [5.41, 5.74) is 1.23. The van der Waals surface area contributed by atoms with Gasteiger partial charge in [-0.15, -0.1) is 11.3 Å². The fourth-order valence-corrected chi connectivity index (χ4v) is 6.17. The van der Waals surface area contributed by atoms with Gasteiger partial charge in [-0.3, -0.25) is 14.2 Å². The molecule has 3 heterocycles. The first-order valence-electron chi connectivity index (χ1n) is 9.57. The number of hydrogen-bond donors (Lipinski definition) is 1. The van der Waals surface area contributed by atoms with Crippen molar-refractivity contribution in [1.29, 1.82) is 0 Å². The van der Waals surface area contributed by atoms with Crippen LogP contribution < -0.4 is 10.9 Å². The average Bonchev–Trinajstić information content (AvgIpc) is 3.29. The van der Waals surface area contributed by atoms with Crippen molar-refractivity contribution in [3.05, 3.63) is 20.8 Å². The van der Waals surface area contributed by atoms with Crippen LogP contribution in [0.3, 0.4) is 0 Å². The van der Waals surface area contributed by atoms with Crippen molar-refractivity contribution in [2.45, 2.75) is 56.8 Å². The smallest absolute Gasteiger partial charge is 0.263 e. The van der Waals surface area contributed by atoms with E-state index in [1.807, 2.05) is 0 Å². The summed E-state index contributed by atoms with van der Waals surface area (Å²) in [6, 6.07) is 0. The van der Waals surface area contributed by atoms with Crippen molar-refractivity contribution >= 4 is 39.2 Å². The first kappa shape index (κ1) is 19.0.